The molecule has 2 aromatic rings. The van der Waals surface area contributed by atoms with Crippen LogP contribution in [-0.2, 0) is 6.42 Å². The van der Waals surface area contributed by atoms with E-state index in [4.69, 9.17) is 0 Å². The van der Waals surface area contributed by atoms with Crippen molar-refractivity contribution in [3.05, 3.63) is 52.0 Å². The molecule has 1 unspecified atom stereocenters. The number of pyridine rings is 1. The summed E-state index contributed by atoms with van der Waals surface area (Å²) in [5.74, 6) is 0. The minimum Gasteiger partial charge on any atom is -0.303 e. The van der Waals surface area contributed by atoms with Crippen LogP contribution in [0, 0.1) is 0 Å². The molecule has 18 heavy (non-hydrogen) atoms. The van der Waals surface area contributed by atoms with Crippen molar-refractivity contribution in [1.82, 2.24) is 10.3 Å². The molecule has 0 saturated heterocycles. The molecule has 2 nitrogen and oxygen atoms in total. The molecule has 0 aliphatic rings. The molecule has 0 saturated carbocycles. The molecule has 0 aliphatic carbocycles. The summed E-state index contributed by atoms with van der Waals surface area (Å²) in [5.41, 5.74) is 1.28. The highest BCUT2D eigenvalue weighted by Gasteiger charge is 2.12. The number of nitrogens with zero attached hydrogens (tertiary/aromatic N) is 1. The second kappa shape index (κ2) is 6.12. The molecule has 2 rings (SSSR count). The summed E-state index contributed by atoms with van der Waals surface area (Å²) in [7, 11) is 0. The lowest BCUT2D eigenvalue weighted by molar-refractivity contribution is 0.500. The quantitative estimate of drug-likeness (QED) is 0.875. The zero-order chi connectivity index (χ0) is 13.0. The average Bonchev–Trinajstić information content (AvgIpc) is 2.88. The molecule has 0 aromatic carbocycles. The first kappa shape index (κ1) is 13.2. The number of nitrogens with one attached hydrogen (secondary N) is 1. The van der Waals surface area contributed by atoms with E-state index in [2.05, 4.69) is 55.3 Å². The van der Waals surface area contributed by atoms with Crippen LogP contribution in [0.1, 0.15) is 48.2 Å². The third-order valence-corrected chi connectivity index (χ3v) is 4.58. The first-order chi connectivity index (χ1) is 8.70. The topological polar surface area (TPSA) is 24.9 Å². The molecule has 0 fully saturated rings. The van der Waals surface area contributed by atoms with E-state index >= 15 is 0 Å². The van der Waals surface area contributed by atoms with Crippen LogP contribution in [0.2, 0.25) is 0 Å². The van der Waals surface area contributed by atoms with Crippen molar-refractivity contribution in [1.29, 1.82) is 0 Å². The largest absolute Gasteiger partial charge is 0.303 e. The minimum absolute atomic E-state index is 0.343. The Balaban J connectivity index is 2.01. The fourth-order valence-electron chi connectivity index (χ4n) is 2.02. The SMILES string of the molecule is CCc1ccc(C(C)N[C@H](C)c2ccncc2)s1. The van der Waals surface area contributed by atoms with Crippen molar-refractivity contribution in [3.63, 3.8) is 0 Å². The van der Waals surface area contributed by atoms with Gasteiger partial charge < -0.3 is 5.32 Å². The molecule has 2 atom stereocenters. The zero-order valence-electron chi connectivity index (χ0n) is 11.2. The molecule has 96 valence electrons. The smallest absolute Gasteiger partial charge is 0.0391 e. The maximum Gasteiger partial charge on any atom is 0.0391 e. The number of hydrogen-bond acceptors (Lipinski definition) is 3. The minimum atomic E-state index is 0.343. The summed E-state index contributed by atoms with van der Waals surface area (Å²) in [5, 5.41) is 3.63. The van der Waals surface area contributed by atoms with Crippen LogP contribution in [0.25, 0.3) is 0 Å². The molecule has 3 heteroatoms. The maximum absolute atomic E-state index is 4.05. The van der Waals surface area contributed by atoms with Crippen molar-refractivity contribution in [2.75, 3.05) is 0 Å². The van der Waals surface area contributed by atoms with Gasteiger partial charge in [0, 0.05) is 34.2 Å². The second-order valence-corrected chi connectivity index (χ2v) is 5.75. The molecule has 0 amide bonds. The Labute approximate surface area is 113 Å². The second-order valence-electron chi connectivity index (χ2n) is 4.55. The monoisotopic (exact) mass is 260 g/mol. The van der Waals surface area contributed by atoms with Crippen molar-refractivity contribution < 1.29 is 0 Å². The standard InChI is InChI=1S/C15H20N2S/c1-4-14-5-6-15(18-14)12(3)17-11(2)13-7-9-16-10-8-13/h5-12,17H,4H2,1-3H3/t11-,12?/m1/s1. The van der Waals surface area contributed by atoms with Gasteiger partial charge in [-0.25, -0.2) is 0 Å². The maximum atomic E-state index is 4.05. The predicted octanol–water partition coefficient (Wildman–Crippen LogP) is 4.12. The highest BCUT2D eigenvalue weighted by molar-refractivity contribution is 7.12. The lowest BCUT2D eigenvalue weighted by Crippen LogP contribution is -2.21. The van der Waals surface area contributed by atoms with Gasteiger partial charge in [-0.05, 0) is 50.1 Å². The van der Waals surface area contributed by atoms with Gasteiger partial charge in [0.05, 0.1) is 0 Å². The molecular weight excluding hydrogens is 240 g/mol. The molecule has 0 aliphatic heterocycles. The molecule has 0 bridgehead atoms. The Bertz CT molecular complexity index is 478. The highest BCUT2D eigenvalue weighted by Crippen LogP contribution is 2.25. The third-order valence-electron chi connectivity index (χ3n) is 3.16. The Hall–Kier alpha value is -1.19. The summed E-state index contributed by atoms with van der Waals surface area (Å²) in [6, 6.07) is 9.33. The van der Waals surface area contributed by atoms with Gasteiger partial charge >= 0.3 is 0 Å². The van der Waals surface area contributed by atoms with E-state index < -0.39 is 0 Å². The Morgan fingerprint density at radius 1 is 1.11 bits per heavy atom. The van der Waals surface area contributed by atoms with E-state index in [1.807, 2.05) is 23.7 Å². The van der Waals surface area contributed by atoms with Gasteiger partial charge in [0.2, 0.25) is 0 Å². The number of thiophene rings is 1. The normalized spacial score (nSPS) is 14.4. The van der Waals surface area contributed by atoms with Crippen molar-refractivity contribution in [2.45, 2.75) is 39.3 Å². The van der Waals surface area contributed by atoms with Crippen LogP contribution in [0.4, 0.5) is 0 Å². The van der Waals surface area contributed by atoms with Gasteiger partial charge in [0.1, 0.15) is 0 Å². The molecule has 2 aromatic heterocycles. The van der Waals surface area contributed by atoms with Crippen molar-refractivity contribution in [3.8, 4) is 0 Å². The van der Waals surface area contributed by atoms with Gasteiger partial charge in [0.15, 0.2) is 0 Å². The van der Waals surface area contributed by atoms with Crippen molar-refractivity contribution >= 4 is 11.3 Å². The Morgan fingerprint density at radius 2 is 1.83 bits per heavy atom. The molecule has 0 spiro atoms. The van der Waals surface area contributed by atoms with Crippen LogP contribution in [-0.4, -0.2) is 4.98 Å². The Morgan fingerprint density at radius 3 is 2.44 bits per heavy atom. The van der Waals surface area contributed by atoms with Crippen LogP contribution in [0.3, 0.4) is 0 Å². The van der Waals surface area contributed by atoms with E-state index in [-0.39, 0.29) is 0 Å². The summed E-state index contributed by atoms with van der Waals surface area (Å²) >= 11 is 1.90. The first-order valence-corrected chi connectivity index (χ1v) is 7.27. The Kier molecular flexibility index (Phi) is 4.50. The number of hydrogen-bond donors (Lipinski definition) is 1. The molecular formula is C15H20N2S. The van der Waals surface area contributed by atoms with Gasteiger partial charge in [0.25, 0.3) is 0 Å². The third kappa shape index (κ3) is 3.18. The summed E-state index contributed by atoms with van der Waals surface area (Å²) < 4.78 is 0. The zero-order valence-corrected chi connectivity index (χ0v) is 12.0. The average molecular weight is 260 g/mol. The van der Waals surface area contributed by atoms with E-state index in [0.717, 1.165) is 6.42 Å². The van der Waals surface area contributed by atoms with Crippen LogP contribution in [0.5, 0.6) is 0 Å². The van der Waals surface area contributed by atoms with E-state index in [1.165, 1.54) is 15.3 Å². The van der Waals surface area contributed by atoms with Gasteiger partial charge in [-0.2, -0.15) is 0 Å². The molecule has 0 radical (unpaired) electrons. The fourth-order valence-corrected chi connectivity index (χ4v) is 2.99. The summed E-state index contributed by atoms with van der Waals surface area (Å²) in [6.07, 6.45) is 4.81. The highest BCUT2D eigenvalue weighted by atomic mass is 32.1. The van der Waals surface area contributed by atoms with Gasteiger partial charge in [-0.1, -0.05) is 6.92 Å². The van der Waals surface area contributed by atoms with Crippen LogP contribution >= 0.6 is 11.3 Å². The number of rotatable bonds is 5. The van der Waals surface area contributed by atoms with Gasteiger partial charge in [-0.15, -0.1) is 11.3 Å². The lowest BCUT2D eigenvalue weighted by Gasteiger charge is -2.19. The summed E-state index contributed by atoms with van der Waals surface area (Å²) in [4.78, 5) is 6.92. The van der Waals surface area contributed by atoms with Crippen molar-refractivity contribution in [2.24, 2.45) is 0 Å². The number of aromatic nitrogens is 1. The number of aryl methyl sites for hydroxylation is 1. The fraction of sp³-hybridized carbons (Fsp3) is 0.400. The van der Waals surface area contributed by atoms with Crippen LogP contribution < -0.4 is 5.32 Å². The summed E-state index contributed by atoms with van der Waals surface area (Å²) in [6.45, 7) is 6.62. The first-order valence-electron chi connectivity index (χ1n) is 6.45. The van der Waals surface area contributed by atoms with Crippen LogP contribution in [0.15, 0.2) is 36.7 Å². The van der Waals surface area contributed by atoms with E-state index in [1.54, 1.807) is 0 Å². The van der Waals surface area contributed by atoms with Gasteiger partial charge in [-0.3, -0.25) is 4.98 Å². The molecule has 1 N–H and O–H groups in total. The predicted molar refractivity (Wildman–Crippen MR) is 77.9 cm³/mol. The van der Waals surface area contributed by atoms with E-state index in [9.17, 15) is 0 Å². The molecule has 2 heterocycles. The van der Waals surface area contributed by atoms with E-state index in [0.29, 0.717) is 12.1 Å². The lowest BCUT2D eigenvalue weighted by atomic mass is 10.1.